The minimum absolute atomic E-state index is 0.114. The second-order valence-corrected chi connectivity index (χ2v) is 9.70. The molecule has 2 heterocycles. The number of anilines is 2. The third kappa shape index (κ3) is 7.69. The summed E-state index contributed by atoms with van der Waals surface area (Å²) in [4.78, 5) is 43.5. The molecule has 0 unspecified atom stereocenters. The maximum Gasteiger partial charge on any atom is 0.278 e. The Labute approximate surface area is 234 Å². The molecule has 2 aromatic heterocycles. The molecule has 216 valence electrons. The minimum atomic E-state index is -0.508. The van der Waals surface area contributed by atoms with E-state index < -0.39 is 5.54 Å². The summed E-state index contributed by atoms with van der Waals surface area (Å²) in [6.45, 7) is 6.41. The number of fused-ring (bicyclic) bond motifs is 1. The predicted molar refractivity (Wildman–Crippen MR) is 154 cm³/mol. The highest BCUT2D eigenvalue weighted by Gasteiger charge is 2.26. The van der Waals surface area contributed by atoms with Gasteiger partial charge >= 0.3 is 0 Å². The molecule has 0 bridgehead atoms. The fraction of sp³-hybridized carbons (Fsp3) is 0.464. The van der Waals surface area contributed by atoms with Gasteiger partial charge < -0.3 is 25.4 Å². The van der Waals surface area contributed by atoms with Crippen molar-refractivity contribution in [1.29, 1.82) is 0 Å². The Bertz CT molecular complexity index is 1340. The lowest BCUT2D eigenvalue weighted by atomic mass is 9.94. The van der Waals surface area contributed by atoms with Crippen LogP contribution in [0.15, 0.2) is 30.5 Å². The van der Waals surface area contributed by atoms with Crippen molar-refractivity contribution in [2.75, 3.05) is 45.6 Å². The summed E-state index contributed by atoms with van der Waals surface area (Å²) in [5.74, 6) is 1.68. The van der Waals surface area contributed by atoms with Crippen LogP contribution in [0.1, 0.15) is 56.0 Å². The number of unbranched alkanes of at least 4 members (excludes halogenated alkanes) is 1. The molecule has 0 aliphatic heterocycles. The van der Waals surface area contributed by atoms with Crippen LogP contribution in [0.5, 0.6) is 11.5 Å². The fourth-order valence-corrected chi connectivity index (χ4v) is 4.11. The molecule has 12 nitrogen and oxygen atoms in total. The van der Waals surface area contributed by atoms with Gasteiger partial charge in [0.05, 0.1) is 37.9 Å². The topological polar surface area (TPSA) is 140 Å². The van der Waals surface area contributed by atoms with Crippen molar-refractivity contribution in [3.63, 3.8) is 0 Å². The summed E-state index contributed by atoms with van der Waals surface area (Å²) < 4.78 is 10.8. The van der Waals surface area contributed by atoms with E-state index in [9.17, 15) is 9.59 Å². The van der Waals surface area contributed by atoms with Gasteiger partial charge in [-0.1, -0.05) is 19.8 Å². The van der Waals surface area contributed by atoms with E-state index in [-0.39, 0.29) is 11.8 Å². The van der Waals surface area contributed by atoms with Crippen LogP contribution in [0.4, 0.5) is 11.8 Å². The molecule has 1 aromatic carbocycles. The summed E-state index contributed by atoms with van der Waals surface area (Å²) >= 11 is 0. The van der Waals surface area contributed by atoms with E-state index in [4.69, 9.17) is 19.3 Å². The monoisotopic (exact) mass is 553 g/mol. The molecule has 12 heteroatoms. The predicted octanol–water partition coefficient (Wildman–Crippen LogP) is 3.78. The standard InChI is InChI=1S/C28H39N7O5/c1-8-9-12-28(3,17-31-18(2)36)34-25-24-22(13-20(16-29-24)26(37)35(4)40-7)32-27(33-25)30-15-19-10-11-21(38-5)14-23(19)39-6/h10-11,13-14,16H,8-9,12,15,17H2,1-7H3,(H,31,36)(H2,30,32,33,34)/t28-/m1/s1. The molecular weight excluding hydrogens is 514 g/mol. The molecule has 2 amide bonds. The minimum Gasteiger partial charge on any atom is -0.497 e. The zero-order chi connectivity index (χ0) is 29.3. The van der Waals surface area contributed by atoms with Crippen molar-refractivity contribution in [2.24, 2.45) is 0 Å². The smallest absolute Gasteiger partial charge is 0.278 e. The number of hydroxylamine groups is 2. The summed E-state index contributed by atoms with van der Waals surface area (Å²) in [6, 6.07) is 7.21. The van der Waals surface area contributed by atoms with E-state index in [1.165, 1.54) is 27.3 Å². The average molecular weight is 554 g/mol. The second-order valence-electron chi connectivity index (χ2n) is 9.70. The zero-order valence-electron chi connectivity index (χ0n) is 24.3. The van der Waals surface area contributed by atoms with Gasteiger partial charge in [-0.2, -0.15) is 4.98 Å². The van der Waals surface area contributed by atoms with Gasteiger partial charge in [0.2, 0.25) is 11.9 Å². The largest absolute Gasteiger partial charge is 0.497 e. The van der Waals surface area contributed by atoms with E-state index in [1.807, 2.05) is 19.1 Å². The lowest BCUT2D eigenvalue weighted by Gasteiger charge is -2.32. The van der Waals surface area contributed by atoms with Crippen molar-refractivity contribution in [3.05, 3.63) is 41.6 Å². The first-order valence-corrected chi connectivity index (χ1v) is 13.1. The zero-order valence-corrected chi connectivity index (χ0v) is 24.3. The fourth-order valence-electron chi connectivity index (χ4n) is 4.11. The highest BCUT2D eigenvalue weighted by molar-refractivity contribution is 5.97. The number of carbonyl (C=O) groups excluding carboxylic acids is 2. The van der Waals surface area contributed by atoms with Gasteiger partial charge in [0, 0.05) is 44.9 Å². The third-order valence-electron chi connectivity index (χ3n) is 6.50. The van der Waals surface area contributed by atoms with E-state index >= 15 is 0 Å². The van der Waals surface area contributed by atoms with Crippen LogP contribution >= 0.6 is 0 Å². The Morgan fingerprint density at radius 1 is 1.10 bits per heavy atom. The van der Waals surface area contributed by atoms with Gasteiger partial charge in [-0.15, -0.1) is 0 Å². The molecule has 1 atom stereocenters. The Morgan fingerprint density at radius 2 is 1.88 bits per heavy atom. The molecule has 0 fully saturated rings. The SMILES string of the molecule is CCCC[C@](C)(CNC(C)=O)Nc1nc(NCc2ccc(OC)cc2OC)nc2cc(C(=O)N(C)OC)cnc12. The summed E-state index contributed by atoms with van der Waals surface area (Å²) in [7, 11) is 6.14. The van der Waals surface area contributed by atoms with Crippen molar-refractivity contribution in [2.45, 2.75) is 52.1 Å². The molecule has 0 aliphatic carbocycles. The summed E-state index contributed by atoms with van der Waals surface area (Å²) in [5, 5.41) is 10.8. The number of hydrogen-bond donors (Lipinski definition) is 3. The quantitative estimate of drug-likeness (QED) is 0.253. The average Bonchev–Trinajstić information content (AvgIpc) is 2.96. The van der Waals surface area contributed by atoms with Crippen molar-refractivity contribution in [3.8, 4) is 11.5 Å². The van der Waals surface area contributed by atoms with Crippen molar-refractivity contribution < 1.29 is 23.9 Å². The normalized spacial score (nSPS) is 12.4. The lowest BCUT2D eigenvalue weighted by molar-refractivity contribution is -0.119. The van der Waals surface area contributed by atoms with Crippen molar-refractivity contribution >= 4 is 34.6 Å². The maximum atomic E-state index is 12.7. The van der Waals surface area contributed by atoms with Crippen LogP contribution in [0.25, 0.3) is 11.0 Å². The third-order valence-corrected chi connectivity index (χ3v) is 6.50. The molecule has 40 heavy (non-hydrogen) atoms. The van der Waals surface area contributed by atoms with Crippen LogP contribution in [0, 0.1) is 0 Å². The molecule has 3 aromatic rings. The van der Waals surface area contributed by atoms with Gasteiger partial charge in [-0.05, 0) is 31.5 Å². The first-order chi connectivity index (χ1) is 19.1. The number of ether oxygens (including phenoxy) is 2. The summed E-state index contributed by atoms with van der Waals surface area (Å²) in [6.07, 6.45) is 4.20. The van der Waals surface area contributed by atoms with E-state index in [0.717, 1.165) is 29.9 Å². The molecule has 0 saturated carbocycles. The van der Waals surface area contributed by atoms with Crippen LogP contribution in [0.2, 0.25) is 0 Å². The van der Waals surface area contributed by atoms with Gasteiger partial charge in [-0.3, -0.25) is 14.4 Å². The number of amides is 2. The Morgan fingerprint density at radius 3 is 2.52 bits per heavy atom. The van der Waals surface area contributed by atoms with Crippen LogP contribution in [0.3, 0.4) is 0 Å². The summed E-state index contributed by atoms with van der Waals surface area (Å²) in [5.41, 5.74) is 1.65. The number of hydrogen-bond acceptors (Lipinski definition) is 10. The first-order valence-electron chi connectivity index (χ1n) is 13.1. The number of rotatable bonds is 14. The molecule has 0 spiro atoms. The van der Waals surface area contributed by atoms with Gasteiger partial charge in [0.15, 0.2) is 5.82 Å². The van der Waals surface area contributed by atoms with Gasteiger partial charge in [-0.25, -0.2) is 15.0 Å². The number of aromatic nitrogens is 3. The molecule has 3 N–H and O–H groups in total. The number of methoxy groups -OCH3 is 2. The van der Waals surface area contributed by atoms with E-state index in [1.54, 1.807) is 26.4 Å². The number of nitrogens with one attached hydrogen (secondary N) is 3. The van der Waals surface area contributed by atoms with Crippen LogP contribution < -0.4 is 25.4 Å². The van der Waals surface area contributed by atoms with E-state index in [2.05, 4.69) is 32.8 Å². The van der Waals surface area contributed by atoms with E-state index in [0.29, 0.717) is 53.0 Å². The number of nitrogens with zero attached hydrogens (tertiary/aromatic N) is 4. The molecule has 3 rings (SSSR count). The number of carbonyl (C=O) groups is 2. The van der Waals surface area contributed by atoms with Crippen LogP contribution in [-0.4, -0.2) is 72.3 Å². The Balaban J connectivity index is 2.04. The highest BCUT2D eigenvalue weighted by Crippen LogP contribution is 2.28. The van der Waals surface area contributed by atoms with Gasteiger partial charge in [0.25, 0.3) is 5.91 Å². The molecule has 0 aliphatic rings. The molecule has 0 saturated heterocycles. The second kappa shape index (κ2) is 13.7. The Hall–Kier alpha value is -4.19. The number of benzene rings is 1. The van der Waals surface area contributed by atoms with Crippen LogP contribution in [-0.2, 0) is 16.2 Å². The first kappa shape index (κ1) is 30.4. The van der Waals surface area contributed by atoms with Crippen molar-refractivity contribution in [1.82, 2.24) is 25.3 Å². The molecular formula is C28H39N7O5. The van der Waals surface area contributed by atoms with Gasteiger partial charge in [0.1, 0.15) is 17.0 Å². The molecule has 0 radical (unpaired) electrons. The number of pyridine rings is 1. The maximum absolute atomic E-state index is 12.7. The lowest BCUT2D eigenvalue weighted by Crippen LogP contribution is -2.46. The highest BCUT2D eigenvalue weighted by atomic mass is 16.7. The Kier molecular flexibility index (Phi) is 10.4.